The van der Waals surface area contributed by atoms with Crippen molar-refractivity contribution < 1.29 is 8.42 Å². The third-order valence-electron chi connectivity index (χ3n) is 5.82. The lowest BCUT2D eigenvalue weighted by atomic mass is 9.85. The van der Waals surface area contributed by atoms with Crippen molar-refractivity contribution in [3.8, 4) is 0 Å². The molecule has 2 heterocycles. The van der Waals surface area contributed by atoms with Crippen LogP contribution in [0.25, 0.3) is 0 Å². The number of pyridine rings is 1. The number of anilines is 1. The van der Waals surface area contributed by atoms with Crippen molar-refractivity contribution >= 4 is 21.6 Å². The van der Waals surface area contributed by atoms with Crippen LogP contribution in [0.5, 0.6) is 0 Å². The molecule has 1 aliphatic carbocycles. The number of nitrogens with one attached hydrogen (secondary N) is 1. The summed E-state index contributed by atoms with van der Waals surface area (Å²) >= 11 is 0. The molecular formula is C22H32N4O2S. The van der Waals surface area contributed by atoms with Gasteiger partial charge in [-0.2, -0.15) is 9.41 Å². The van der Waals surface area contributed by atoms with E-state index in [1.54, 1.807) is 16.4 Å². The molecule has 0 spiro atoms. The summed E-state index contributed by atoms with van der Waals surface area (Å²) in [5, 5.41) is 4.50. The Morgan fingerprint density at radius 2 is 1.97 bits per heavy atom. The molecule has 29 heavy (non-hydrogen) atoms. The highest BCUT2D eigenvalue weighted by Crippen LogP contribution is 2.28. The van der Waals surface area contributed by atoms with Gasteiger partial charge < -0.3 is 0 Å². The lowest BCUT2D eigenvalue weighted by Crippen LogP contribution is -2.42. The Morgan fingerprint density at radius 3 is 2.55 bits per heavy atom. The van der Waals surface area contributed by atoms with E-state index < -0.39 is 10.0 Å². The molecule has 1 aliphatic heterocycles. The quantitative estimate of drug-likeness (QED) is 0.568. The smallest absolute Gasteiger partial charge is 0.244 e. The molecule has 0 radical (unpaired) electrons. The fourth-order valence-corrected chi connectivity index (χ4v) is 5.72. The second kappa shape index (κ2) is 8.79. The number of piperidine rings is 1. The zero-order valence-corrected chi connectivity index (χ0v) is 18.7. The maximum Gasteiger partial charge on any atom is 0.244 e. The van der Waals surface area contributed by atoms with Crippen molar-refractivity contribution in [2.75, 3.05) is 18.5 Å². The third kappa shape index (κ3) is 5.14. The fraction of sp³-hybridized carbons (Fsp3) is 0.545. The molecule has 7 heteroatoms. The molecule has 6 nitrogen and oxygen atoms in total. The summed E-state index contributed by atoms with van der Waals surface area (Å²) in [5.41, 5.74) is 6.28. The van der Waals surface area contributed by atoms with Gasteiger partial charge in [0, 0.05) is 19.3 Å². The minimum atomic E-state index is -3.52. The van der Waals surface area contributed by atoms with E-state index in [9.17, 15) is 8.42 Å². The summed E-state index contributed by atoms with van der Waals surface area (Å²) in [6.07, 6.45) is 6.52. The number of hydrogen-bond acceptors (Lipinski definition) is 5. The van der Waals surface area contributed by atoms with Crippen molar-refractivity contribution in [2.45, 2.75) is 51.9 Å². The van der Waals surface area contributed by atoms with Crippen LogP contribution in [-0.2, 0) is 10.0 Å². The van der Waals surface area contributed by atoms with E-state index in [0.29, 0.717) is 36.7 Å². The summed E-state index contributed by atoms with van der Waals surface area (Å²) in [4.78, 5) is 4.51. The zero-order chi connectivity index (χ0) is 21.2. The summed E-state index contributed by atoms with van der Waals surface area (Å²) in [5.74, 6) is 1.68. The molecular weight excluding hydrogens is 384 g/mol. The number of rotatable bonds is 5. The number of nitrogens with zero attached hydrogens (tertiary/aromatic N) is 3. The monoisotopic (exact) mass is 416 g/mol. The second-order valence-corrected chi connectivity index (χ2v) is 10.6. The van der Waals surface area contributed by atoms with E-state index in [2.05, 4.69) is 55.9 Å². The summed E-state index contributed by atoms with van der Waals surface area (Å²) < 4.78 is 27.5. The lowest BCUT2D eigenvalue weighted by molar-refractivity contribution is 0.222. The number of sulfonamides is 1. The molecule has 3 atom stereocenters. The SMILES string of the molecule is C=C(C)[C@@H]1CC=C(C)C(=NNc2ccc(S(=O)(=O)N3C[C@@H](C)C[C@H](C)C3)cn2)C1. The maximum atomic E-state index is 13.0. The van der Waals surface area contributed by atoms with Crippen LogP contribution in [0.1, 0.15) is 47.0 Å². The summed E-state index contributed by atoms with van der Waals surface area (Å²) in [6.45, 7) is 13.5. The molecule has 0 unspecified atom stereocenters. The molecule has 3 rings (SSSR count). The number of aromatic nitrogens is 1. The van der Waals surface area contributed by atoms with E-state index >= 15 is 0 Å². The topological polar surface area (TPSA) is 74.7 Å². The standard InChI is InChI=1S/C22H32N4O2S/c1-15(2)19-7-6-18(5)21(11-19)24-25-22-9-8-20(12-23-22)29(27,28)26-13-16(3)10-17(4)14-26/h6,8-9,12,16-17,19H,1,7,10-11,13-14H2,2-5H3,(H,23,25)/t16-,17-,19+/m0/s1. The molecule has 1 N–H and O–H groups in total. The molecule has 2 aliphatic rings. The van der Waals surface area contributed by atoms with Crippen LogP contribution in [0.15, 0.2) is 52.1 Å². The van der Waals surface area contributed by atoms with Gasteiger partial charge in [0.1, 0.15) is 10.7 Å². The first-order chi connectivity index (χ1) is 13.7. The van der Waals surface area contributed by atoms with E-state index in [-0.39, 0.29) is 4.90 Å². The first-order valence-corrected chi connectivity index (χ1v) is 11.7. The average Bonchev–Trinajstić information content (AvgIpc) is 2.66. The first kappa shape index (κ1) is 21.7. The Kier molecular flexibility index (Phi) is 6.58. The molecule has 0 bridgehead atoms. The number of allylic oxidation sites excluding steroid dienone is 3. The van der Waals surface area contributed by atoms with Crippen LogP contribution in [0.2, 0.25) is 0 Å². The van der Waals surface area contributed by atoms with Crippen molar-refractivity contribution in [3.63, 3.8) is 0 Å². The van der Waals surface area contributed by atoms with Crippen molar-refractivity contribution in [1.29, 1.82) is 0 Å². The third-order valence-corrected chi connectivity index (χ3v) is 7.63. The molecule has 0 saturated carbocycles. The van der Waals surface area contributed by atoms with Crippen LogP contribution in [-0.4, -0.2) is 36.5 Å². The molecule has 1 aromatic heterocycles. The fourth-order valence-electron chi connectivity index (χ4n) is 4.10. The van der Waals surface area contributed by atoms with E-state index in [0.717, 1.165) is 36.1 Å². The van der Waals surface area contributed by atoms with Crippen LogP contribution in [0, 0.1) is 17.8 Å². The van der Waals surface area contributed by atoms with E-state index in [1.165, 1.54) is 6.20 Å². The minimum absolute atomic E-state index is 0.230. The van der Waals surface area contributed by atoms with E-state index in [1.807, 2.05) is 0 Å². The molecule has 0 amide bonds. The Morgan fingerprint density at radius 1 is 1.28 bits per heavy atom. The van der Waals surface area contributed by atoms with Gasteiger partial charge in [0.05, 0.1) is 5.71 Å². The molecule has 0 aromatic carbocycles. The van der Waals surface area contributed by atoms with Gasteiger partial charge in [-0.3, -0.25) is 5.43 Å². The van der Waals surface area contributed by atoms with E-state index in [4.69, 9.17) is 0 Å². The number of hydrazone groups is 1. The maximum absolute atomic E-state index is 13.0. The zero-order valence-electron chi connectivity index (χ0n) is 17.9. The highest BCUT2D eigenvalue weighted by atomic mass is 32.2. The minimum Gasteiger partial charge on any atom is -0.261 e. The lowest BCUT2D eigenvalue weighted by Gasteiger charge is -2.33. The van der Waals surface area contributed by atoms with Gasteiger partial charge in [0.25, 0.3) is 0 Å². The van der Waals surface area contributed by atoms with Crippen LogP contribution < -0.4 is 5.43 Å². The van der Waals surface area contributed by atoms with Crippen molar-refractivity contribution in [2.24, 2.45) is 22.9 Å². The van der Waals surface area contributed by atoms with Crippen LogP contribution >= 0.6 is 0 Å². The van der Waals surface area contributed by atoms with Gasteiger partial charge in [0.15, 0.2) is 0 Å². The van der Waals surface area contributed by atoms with Crippen LogP contribution in [0.3, 0.4) is 0 Å². The molecule has 1 saturated heterocycles. The van der Waals surface area contributed by atoms with Crippen LogP contribution in [0.4, 0.5) is 5.82 Å². The average molecular weight is 417 g/mol. The van der Waals surface area contributed by atoms with Gasteiger partial charge >= 0.3 is 0 Å². The van der Waals surface area contributed by atoms with Gasteiger partial charge in [-0.25, -0.2) is 13.4 Å². The van der Waals surface area contributed by atoms with Crippen molar-refractivity contribution in [3.05, 3.63) is 42.1 Å². The largest absolute Gasteiger partial charge is 0.261 e. The second-order valence-electron chi connectivity index (χ2n) is 8.69. The summed E-state index contributed by atoms with van der Waals surface area (Å²) in [7, 11) is -3.52. The Bertz CT molecular complexity index is 909. The van der Waals surface area contributed by atoms with Gasteiger partial charge in [0.2, 0.25) is 10.0 Å². The number of hydrogen-bond donors (Lipinski definition) is 1. The first-order valence-electron chi connectivity index (χ1n) is 10.3. The molecule has 1 aromatic rings. The Balaban J connectivity index is 1.71. The van der Waals surface area contributed by atoms with Gasteiger partial charge in [-0.05, 0) is 68.6 Å². The molecule has 158 valence electrons. The van der Waals surface area contributed by atoms with Crippen molar-refractivity contribution in [1.82, 2.24) is 9.29 Å². The predicted octanol–water partition coefficient (Wildman–Crippen LogP) is 4.45. The highest BCUT2D eigenvalue weighted by molar-refractivity contribution is 7.89. The predicted molar refractivity (Wildman–Crippen MR) is 118 cm³/mol. The molecule has 1 fully saturated rings. The van der Waals surface area contributed by atoms with Gasteiger partial charge in [-0.15, -0.1) is 0 Å². The Labute approximate surface area is 174 Å². The highest BCUT2D eigenvalue weighted by Gasteiger charge is 2.31. The normalized spacial score (nSPS) is 27.5. The summed E-state index contributed by atoms with van der Waals surface area (Å²) in [6, 6.07) is 3.28. The Hall–Kier alpha value is -1.99. The van der Waals surface area contributed by atoms with Gasteiger partial charge in [-0.1, -0.05) is 32.1 Å².